The highest BCUT2D eigenvalue weighted by Crippen LogP contribution is 2.37. The van der Waals surface area contributed by atoms with Crippen molar-refractivity contribution in [2.45, 2.75) is 38.5 Å². The van der Waals surface area contributed by atoms with Gasteiger partial charge in [-0.1, -0.05) is 26.0 Å². The van der Waals surface area contributed by atoms with E-state index >= 15 is 0 Å². The van der Waals surface area contributed by atoms with Gasteiger partial charge in [-0.2, -0.15) is 18.4 Å². The Balaban J connectivity index is 2.47. The van der Waals surface area contributed by atoms with Gasteiger partial charge in [-0.3, -0.25) is 10.1 Å². The van der Waals surface area contributed by atoms with Crippen molar-refractivity contribution >= 4 is 5.97 Å². The second kappa shape index (κ2) is 9.79. The Hall–Kier alpha value is -3.12. The molecule has 0 saturated heterocycles. The molecule has 0 radical (unpaired) electrons. The van der Waals surface area contributed by atoms with E-state index in [-0.39, 0.29) is 34.8 Å². The number of rotatable bonds is 7. The smallest absolute Gasteiger partial charge is 0.407 e. The van der Waals surface area contributed by atoms with E-state index in [1.807, 2.05) is 6.07 Å². The summed E-state index contributed by atoms with van der Waals surface area (Å²) in [6.07, 6.45) is -4.73. The Morgan fingerprint density at radius 3 is 2.39 bits per heavy atom. The highest BCUT2D eigenvalue weighted by molar-refractivity contribution is 5.76. The lowest BCUT2D eigenvalue weighted by Gasteiger charge is -2.27. The highest BCUT2D eigenvalue weighted by Gasteiger charge is 2.43. The maximum Gasteiger partial charge on any atom is 0.407 e. The van der Waals surface area contributed by atoms with E-state index < -0.39 is 35.6 Å². The van der Waals surface area contributed by atoms with E-state index in [1.54, 1.807) is 13.8 Å². The summed E-state index contributed by atoms with van der Waals surface area (Å²) in [6.45, 7) is 3.49. The van der Waals surface area contributed by atoms with Gasteiger partial charge >= 0.3 is 12.1 Å². The fourth-order valence-corrected chi connectivity index (χ4v) is 3.18. The number of ether oxygens (including phenoxy) is 1. The number of aromatic hydroxyl groups is 1. The number of alkyl halides is 3. The summed E-state index contributed by atoms with van der Waals surface area (Å²) in [5.74, 6) is -2.28. The number of nitrogens with zero attached hydrogens (tertiary/aromatic N) is 1. The van der Waals surface area contributed by atoms with Crippen LogP contribution in [0.1, 0.15) is 37.4 Å². The van der Waals surface area contributed by atoms with E-state index in [0.717, 1.165) is 19.2 Å². The zero-order valence-corrected chi connectivity index (χ0v) is 17.1. The minimum Gasteiger partial charge on any atom is -0.507 e. The lowest BCUT2D eigenvalue weighted by molar-refractivity contribution is -0.164. The predicted octanol–water partition coefficient (Wildman–Crippen LogP) is 4.85. The molecule has 166 valence electrons. The van der Waals surface area contributed by atoms with Crippen molar-refractivity contribution in [2.24, 2.45) is 5.92 Å². The van der Waals surface area contributed by atoms with E-state index in [9.17, 15) is 27.5 Å². The second-order valence-electron chi connectivity index (χ2n) is 7.43. The number of hydrogen-bond acceptors (Lipinski definition) is 5. The van der Waals surface area contributed by atoms with Gasteiger partial charge in [0.25, 0.3) is 0 Å². The standard InChI is InChI=1S/C22H22F4N2O3/c1-12(2)8-18(21(30)31-3)28-20(22(24,25)26)14-5-6-15(17(23)10-14)16-9-13(11-27)4-7-19(16)29/h4-7,9-10,12,18,20,28-29H,8H2,1-3H3. The van der Waals surface area contributed by atoms with Crippen LogP contribution in [0.2, 0.25) is 0 Å². The van der Waals surface area contributed by atoms with Crippen LogP contribution < -0.4 is 5.32 Å². The van der Waals surface area contributed by atoms with E-state index in [0.29, 0.717) is 6.07 Å². The summed E-state index contributed by atoms with van der Waals surface area (Å²) >= 11 is 0. The first kappa shape index (κ1) is 24.2. The number of carbonyl (C=O) groups is 1. The topological polar surface area (TPSA) is 82.3 Å². The molecule has 2 atom stereocenters. The number of hydrogen-bond donors (Lipinski definition) is 2. The number of methoxy groups -OCH3 is 1. The zero-order chi connectivity index (χ0) is 23.3. The molecule has 2 unspecified atom stereocenters. The first-order valence-electron chi connectivity index (χ1n) is 9.41. The van der Waals surface area contributed by atoms with Crippen LogP contribution in [0.25, 0.3) is 11.1 Å². The van der Waals surface area contributed by atoms with Gasteiger partial charge in [-0.05, 0) is 42.2 Å². The molecule has 0 saturated carbocycles. The van der Waals surface area contributed by atoms with Crippen molar-refractivity contribution in [3.63, 3.8) is 0 Å². The van der Waals surface area contributed by atoms with Crippen molar-refractivity contribution in [3.05, 3.63) is 53.3 Å². The molecule has 0 aliphatic heterocycles. The predicted molar refractivity (Wildman–Crippen MR) is 105 cm³/mol. The maximum atomic E-state index is 14.8. The van der Waals surface area contributed by atoms with Crippen molar-refractivity contribution in [2.75, 3.05) is 7.11 Å². The monoisotopic (exact) mass is 438 g/mol. The van der Waals surface area contributed by atoms with Crippen LogP contribution in [0.15, 0.2) is 36.4 Å². The zero-order valence-electron chi connectivity index (χ0n) is 17.1. The largest absolute Gasteiger partial charge is 0.507 e. The van der Waals surface area contributed by atoms with Crippen molar-refractivity contribution in [1.82, 2.24) is 5.32 Å². The average molecular weight is 438 g/mol. The van der Waals surface area contributed by atoms with Crippen LogP contribution >= 0.6 is 0 Å². The van der Waals surface area contributed by atoms with Gasteiger partial charge in [-0.15, -0.1) is 0 Å². The van der Waals surface area contributed by atoms with Gasteiger partial charge in [0, 0.05) is 11.1 Å². The van der Waals surface area contributed by atoms with Crippen LogP contribution in [-0.4, -0.2) is 30.4 Å². The lowest BCUT2D eigenvalue weighted by Crippen LogP contribution is -2.45. The maximum absolute atomic E-state index is 14.8. The van der Waals surface area contributed by atoms with Crippen molar-refractivity contribution in [1.29, 1.82) is 5.26 Å². The second-order valence-corrected chi connectivity index (χ2v) is 7.43. The number of nitrogens with one attached hydrogen (secondary N) is 1. The minimum absolute atomic E-state index is 0.0214. The Kier molecular flexibility index (Phi) is 7.63. The average Bonchev–Trinajstić information content (AvgIpc) is 2.69. The number of halogens is 4. The number of carbonyl (C=O) groups excluding carboxylic acids is 1. The minimum atomic E-state index is -4.82. The molecule has 0 aliphatic rings. The van der Waals surface area contributed by atoms with Crippen molar-refractivity contribution < 1.29 is 32.2 Å². The highest BCUT2D eigenvalue weighted by atomic mass is 19.4. The first-order chi connectivity index (χ1) is 14.5. The van der Waals surface area contributed by atoms with E-state index in [2.05, 4.69) is 10.1 Å². The Labute approximate surface area is 177 Å². The molecule has 0 heterocycles. The molecule has 5 nitrogen and oxygen atoms in total. The number of phenols is 1. The summed E-state index contributed by atoms with van der Waals surface area (Å²) in [5.41, 5.74) is -0.471. The summed E-state index contributed by atoms with van der Waals surface area (Å²) in [5, 5.41) is 21.2. The van der Waals surface area contributed by atoms with Gasteiger partial charge in [0.2, 0.25) is 0 Å². The summed E-state index contributed by atoms with van der Waals surface area (Å²) < 4.78 is 60.7. The number of phenolic OH excluding ortho intramolecular Hbond substituents is 1. The van der Waals surface area contributed by atoms with Crippen LogP contribution in [-0.2, 0) is 9.53 Å². The molecule has 9 heteroatoms. The van der Waals surface area contributed by atoms with Gasteiger partial charge in [0.15, 0.2) is 0 Å². The third-order valence-electron chi connectivity index (χ3n) is 4.63. The summed E-state index contributed by atoms with van der Waals surface area (Å²) in [6, 6.07) is 4.91. The molecule has 0 bridgehead atoms. The van der Waals surface area contributed by atoms with E-state index in [1.165, 1.54) is 18.2 Å². The van der Waals surface area contributed by atoms with Crippen LogP contribution in [0.4, 0.5) is 17.6 Å². The molecule has 0 spiro atoms. The van der Waals surface area contributed by atoms with Crippen LogP contribution in [0, 0.1) is 23.1 Å². The van der Waals surface area contributed by atoms with Gasteiger partial charge in [0.1, 0.15) is 23.7 Å². The molecular formula is C22H22F4N2O3. The third-order valence-corrected chi connectivity index (χ3v) is 4.63. The lowest BCUT2D eigenvalue weighted by atomic mass is 9.96. The fraction of sp³-hybridized carbons (Fsp3) is 0.364. The number of benzene rings is 2. The van der Waals surface area contributed by atoms with Crippen LogP contribution in [0.5, 0.6) is 5.75 Å². The third kappa shape index (κ3) is 5.95. The summed E-state index contributed by atoms with van der Waals surface area (Å²) in [7, 11) is 1.08. The Morgan fingerprint density at radius 2 is 1.87 bits per heavy atom. The van der Waals surface area contributed by atoms with Gasteiger partial charge in [-0.25, -0.2) is 4.39 Å². The van der Waals surface area contributed by atoms with Crippen molar-refractivity contribution in [3.8, 4) is 22.9 Å². The molecule has 31 heavy (non-hydrogen) atoms. The molecule has 0 aromatic heterocycles. The Morgan fingerprint density at radius 1 is 1.19 bits per heavy atom. The molecule has 2 aromatic rings. The number of nitriles is 1. The molecular weight excluding hydrogens is 416 g/mol. The molecule has 2 rings (SSSR count). The van der Waals surface area contributed by atoms with E-state index in [4.69, 9.17) is 5.26 Å². The summed E-state index contributed by atoms with van der Waals surface area (Å²) in [4.78, 5) is 12.0. The van der Waals surface area contributed by atoms with Crippen LogP contribution in [0.3, 0.4) is 0 Å². The quantitative estimate of drug-likeness (QED) is 0.477. The van der Waals surface area contributed by atoms with Gasteiger partial charge in [0.05, 0.1) is 18.7 Å². The number of esters is 1. The normalized spacial score (nSPS) is 13.5. The molecule has 0 aliphatic carbocycles. The molecule has 0 amide bonds. The molecule has 0 fully saturated rings. The van der Waals surface area contributed by atoms with Gasteiger partial charge < -0.3 is 9.84 Å². The molecule has 2 aromatic carbocycles. The molecule has 2 N–H and O–H groups in total. The Bertz CT molecular complexity index is 984. The fourth-order valence-electron chi connectivity index (χ4n) is 3.18. The SMILES string of the molecule is COC(=O)C(CC(C)C)NC(c1ccc(-c2cc(C#N)ccc2O)c(F)c1)C(F)(F)F. The first-order valence-corrected chi connectivity index (χ1v) is 9.41.